The van der Waals surface area contributed by atoms with Crippen LogP contribution in [0.15, 0.2) is 36.7 Å². The molecule has 0 bridgehead atoms. The minimum Gasteiger partial charge on any atom is -0.396 e. The van der Waals surface area contributed by atoms with E-state index in [1.165, 1.54) is 0 Å². The maximum atomic E-state index is 9.54. The van der Waals surface area contributed by atoms with Gasteiger partial charge in [-0.1, -0.05) is 37.3 Å². The molecule has 4 heteroatoms. The molecule has 0 radical (unpaired) electrons. The van der Waals surface area contributed by atoms with Crippen molar-refractivity contribution in [1.29, 1.82) is 0 Å². The molecule has 1 N–H and O–H groups in total. The van der Waals surface area contributed by atoms with Crippen molar-refractivity contribution in [2.24, 2.45) is 0 Å². The molecule has 0 aliphatic rings. The smallest absolute Gasteiger partial charge is 0.138 e. The van der Waals surface area contributed by atoms with Crippen molar-refractivity contribution in [3.63, 3.8) is 0 Å². The molecule has 1 heterocycles. The molecule has 2 rings (SSSR count). The van der Waals surface area contributed by atoms with E-state index in [2.05, 4.69) is 17.0 Å². The number of hydrogen-bond acceptors (Lipinski definition) is 3. The summed E-state index contributed by atoms with van der Waals surface area (Å²) in [4.78, 5) is 4.29. The lowest BCUT2D eigenvalue weighted by atomic mass is 9.96. The van der Waals surface area contributed by atoms with E-state index < -0.39 is 0 Å². The Morgan fingerprint density at radius 2 is 2.06 bits per heavy atom. The average Bonchev–Trinajstić information content (AvgIpc) is 2.85. The highest BCUT2D eigenvalue weighted by molar-refractivity contribution is 5.20. The first kappa shape index (κ1) is 12.8. The second-order valence-corrected chi connectivity index (χ2v) is 4.39. The molecule has 1 atom stereocenters. The van der Waals surface area contributed by atoms with Crippen LogP contribution in [0.2, 0.25) is 0 Å². The van der Waals surface area contributed by atoms with Gasteiger partial charge in [-0.3, -0.25) is 4.68 Å². The van der Waals surface area contributed by atoms with Crippen LogP contribution in [-0.4, -0.2) is 26.5 Å². The summed E-state index contributed by atoms with van der Waals surface area (Å²) < 4.78 is 1.92. The maximum Gasteiger partial charge on any atom is 0.138 e. The predicted octanol–water partition coefficient (Wildman–Crippen LogP) is 2.01. The van der Waals surface area contributed by atoms with Gasteiger partial charge in [-0.25, -0.2) is 4.98 Å². The van der Waals surface area contributed by atoms with Gasteiger partial charge in [-0.15, -0.1) is 0 Å². The summed E-state index contributed by atoms with van der Waals surface area (Å²) in [5.74, 6) is 1.03. The zero-order valence-electron chi connectivity index (χ0n) is 10.7. The van der Waals surface area contributed by atoms with E-state index in [0.717, 1.165) is 30.8 Å². The van der Waals surface area contributed by atoms with Crippen molar-refractivity contribution in [2.45, 2.75) is 32.2 Å². The topological polar surface area (TPSA) is 50.9 Å². The van der Waals surface area contributed by atoms with Crippen LogP contribution >= 0.6 is 0 Å². The maximum absolute atomic E-state index is 9.54. The molecule has 1 unspecified atom stereocenters. The third kappa shape index (κ3) is 2.96. The van der Waals surface area contributed by atoms with E-state index in [-0.39, 0.29) is 12.5 Å². The Morgan fingerprint density at radius 1 is 1.28 bits per heavy atom. The summed E-state index contributed by atoms with van der Waals surface area (Å²) in [6.45, 7) is 3.12. The third-order valence-electron chi connectivity index (χ3n) is 3.05. The number of nitrogens with zero attached hydrogens (tertiary/aromatic N) is 3. The van der Waals surface area contributed by atoms with E-state index >= 15 is 0 Å². The zero-order chi connectivity index (χ0) is 12.8. The number of hydrogen-bond donors (Lipinski definition) is 1. The largest absolute Gasteiger partial charge is 0.396 e. The van der Waals surface area contributed by atoms with Gasteiger partial charge in [-0.2, -0.15) is 5.10 Å². The molecule has 96 valence electrons. The van der Waals surface area contributed by atoms with E-state index in [9.17, 15) is 5.11 Å². The molecule has 0 fully saturated rings. The van der Waals surface area contributed by atoms with Gasteiger partial charge in [-0.05, 0) is 12.0 Å². The molecule has 1 aromatic carbocycles. The lowest BCUT2D eigenvalue weighted by Gasteiger charge is -2.14. The molecule has 18 heavy (non-hydrogen) atoms. The molecular formula is C14H19N3O. The molecule has 0 saturated carbocycles. The first-order valence-corrected chi connectivity index (χ1v) is 6.37. The van der Waals surface area contributed by atoms with E-state index in [0.29, 0.717) is 0 Å². The van der Waals surface area contributed by atoms with Crippen LogP contribution in [0.3, 0.4) is 0 Å². The Bertz CT molecular complexity index is 467. The van der Waals surface area contributed by atoms with E-state index in [4.69, 9.17) is 0 Å². The average molecular weight is 245 g/mol. The van der Waals surface area contributed by atoms with Crippen molar-refractivity contribution in [3.8, 4) is 0 Å². The summed E-state index contributed by atoms with van der Waals surface area (Å²) in [5, 5.41) is 13.8. The van der Waals surface area contributed by atoms with Gasteiger partial charge in [0.25, 0.3) is 0 Å². The van der Waals surface area contributed by atoms with Crippen LogP contribution in [0.5, 0.6) is 0 Å². The Labute approximate surface area is 107 Å². The van der Waals surface area contributed by atoms with Crippen LogP contribution in [0, 0.1) is 0 Å². The Hall–Kier alpha value is -1.68. The van der Waals surface area contributed by atoms with Crippen LogP contribution in [-0.2, 0) is 13.0 Å². The molecule has 4 nitrogen and oxygen atoms in total. The van der Waals surface area contributed by atoms with Crippen LogP contribution in [0.4, 0.5) is 0 Å². The normalized spacial score (nSPS) is 12.6. The Balaban J connectivity index is 2.13. The quantitative estimate of drug-likeness (QED) is 0.847. The second kappa shape index (κ2) is 6.31. The van der Waals surface area contributed by atoms with Crippen molar-refractivity contribution < 1.29 is 5.11 Å². The van der Waals surface area contributed by atoms with E-state index in [1.807, 2.05) is 35.0 Å². The standard InChI is InChI=1S/C14H19N3O/c1-2-8-17-14(15-11-16-17)9-13(10-18)12-6-4-3-5-7-12/h3-7,11,13,18H,2,8-10H2,1H3. The molecule has 1 aromatic heterocycles. The summed E-state index contributed by atoms with van der Waals surface area (Å²) in [6.07, 6.45) is 3.34. The van der Waals surface area contributed by atoms with Crippen molar-refractivity contribution in [3.05, 3.63) is 48.0 Å². The monoisotopic (exact) mass is 245 g/mol. The first-order valence-electron chi connectivity index (χ1n) is 6.37. The SMILES string of the molecule is CCCn1ncnc1CC(CO)c1ccccc1. The number of aliphatic hydroxyl groups is 1. The first-order chi connectivity index (χ1) is 8.85. The minimum absolute atomic E-state index is 0.0889. The molecule has 0 aliphatic carbocycles. The highest BCUT2D eigenvalue weighted by Crippen LogP contribution is 2.19. The van der Waals surface area contributed by atoms with Gasteiger partial charge < -0.3 is 5.11 Å². The van der Waals surface area contributed by atoms with Gasteiger partial charge >= 0.3 is 0 Å². The second-order valence-electron chi connectivity index (χ2n) is 4.39. The fraction of sp³-hybridized carbons (Fsp3) is 0.429. The molecule has 2 aromatic rings. The zero-order valence-corrected chi connectivity index (χ0v) is 10.7. The number of aromatic nitrogens is 3. The van der Waals surface area contributed by atoms with Crippen LogP contribution in [0.25, 0.3) is 0 Å². The Kier molecular flexibility index (Phi) is 4.47. The fourth-order valence-electron chi connectivity index (χ4n) is 2.08. The predicted molar refractivity (Wildman–Crippen MR) is 70.3 cm³/mol. The molecule has 0 saturated heterocycles. The summed E-state index contributed by atoms with van der Waals surface area (Å²) >= 11 is 0. The highest BCUT2D eigenvalue weighted by atomic mass is 16.3. The summed E-state index contributed by atoms with van der Waals surface area (Å²) in [6, 6.07) is 10.1. The van der Waals surface area contributed by atoms with Gasteiger partial charge in [0.05, 0.1) is 6.61 Å². The molecular weight excluding hydrogens is 226 g/mol. The van der Waals surface area contributed by atoms with Gasteiger partial charge in [0, 0.05) is 18.9 Å². The lowest BCUT2D eigenvalue weighted by Crippen LogP contribution is -2.13. The van der Waals surface area contributed by atoms with Crippen molar-refractivity contribution in [2.75, 3.05) is 6.61 Å². The van der Waals surface area contributed by atoms with Crippen LogP contribution in [0.1, 0.15) is 30.7 Å². The van der Waals surface area contributed by atoms with Gasteiger partial charge in [0.2, 0.25) is 0 Å². The van der Waals surface area contributed by atoms with E-state index in [1.54, 1.807) is 6.33 Å². The highest BCUT2D eigenvalue weighted by Gasteiger charge is 2.14. The van der Waals surface area contributed by atoms with Crippen molar-refractivity contribution >= 4 is 0 Å². The van der Waals surface area contributed by atoms with Crippen LogP contribution < -0.4 is 0 Å². The summed E-state index contributed by atoms with van der Waals surface area (Å²) in [5.41, 5.74) is 1.14. The molecule has 0 aliphatic heterocycles. The number of rotatable bonds is 6. The minimum atomic E-state index is 0.0889. The lowest BCUT2D eigenvalue weighted by molar-refractivity contribution is 0.262. The number of aryl methyl sites for hydroxylation is 1. The van der Waals surface area contributed by atoms with Gasteiger partial charge in [0.1, 0.15) is 12.2 Å². The van der Waals surface area contributed by atoms with Gasteiger partial charge in [0.15, 0.2) is 0 Å². The fourth-order valence-corrected chi connectivity index (χ4v) is 2.08. The number of benzene rings is 1. The number of aliphatic hydroxyl groups excluding tert-OH is 1. The molecule has 0 spiro atoms. The third-order valence-corrected chi connectivity index (χ3v) is 3.05. The Morgan fingerprint density at radius 3 is 2.72 bits per heavy atom. The molecule has 0 amide bonds. The summed E-state index contributed by atoms with van der Waals surface area (Å²) in [7, 11) is 0. The van der Waals surface area contributed by atoms with Crippen molar-refractivity contribution in [1.82, 2.24) is 14.8 Å².